The van der Waals surface area contributed by atoms with Crippen LogP contribution >= 0.6 is 0 Å². The largest absolute Gasteiger partial charge is 0.488 e. The predicted molar refractivity (Wildman–Crippen MR) is 84.3 cm³/mol. The number of hydrogen-bond acceptors (Lipinski definition) is 4. The smallest absolute Gasteiger partial charge is 0.417 e. The summed E-state index contributed by atoms with van der Waals surface area (Å²) in [5.41, 5.74) is -3.85. The van der Waals surface area contributed by atoms with Crippen molar-refractivity contribution in [3.8, 4) is 5.75 Å². The normalized spacial score (nSPS) is 18.9. The van der Waals surface area contributed by atoms with Crippen LogP contribution in [0.4, 0.5) is 45.2 Å². The van der Waals surface area contributed by atoms with Crippen molar-refractivity contribution >= 4 is 16.6 Å². The minimum atomic E-state index is -5.27. The molecule has 3 rings (SSSR count). The molecule has 0 fully saturated rings. The standard InChI is InChI=1S/C16H11F9N2O3/c17-14(18,19)6-3-11(29)26-7-1-2-8-13(12(6)7)30-5-9(15(20,21)22)27(8)4-10(28)16(23,24)25/h1-3,9-10,28H,4-5H2,(H,26,29)/t9-,10-/m1/s1. The molecular formula is C16H11F9N2O3. The van der Waals surface area contributed by atoms with E-state index < -0.39 is 77.3 Å². The number of aromatic amines is 1. The topological polar surface area (TPSA) is 65.6 Å². The summed E-state index contributed by atoms with van der Waals surface area (Å²) in [5.74, 6) is -0.786. The quantitative estimate of drug-likeness (QED) is 0.687. The van der Waals surface area contributed by atoms with E-state index in [0.29, 0.717) is 0 Å². The molecule has 1 aromatic carbocycles. The molecule has 2 heterocycles. The number of fused-ring (bicyclic) bond motifs is 3. The predicted octanol–water partition coefficient (Wildman–Crippen LogP) is 3.60. The summed E-state index contributed by atoms with van der Waals surface area (Å²) in [6, 6.07) is -0.887. The molecule has 2 aromatic rings. The summed E-state index contributed by atoms with van der Waals surface area (Å²) < 4.78 is 123. The van der Waals surface area contributed by atoms with Crippen LogP contribution in [0.5, 0.6) is 5.75 Å². The molecule has 0 radical (unpaired) electrons. The lowest BCUT2D eigenvalue weighted by Gasteiger charge is -2.40. The Morgan fingerprint density at radius 3 is 2.30 bits per heavy atom. The number of benzene rings is 1. The van der Waals surface area contributed by atoms with Crippen LogP contribution in [0.25, 0.3) is 10.9 Å². The highest BCUT2D eigenvalue weighted by molar-refractivity contribution is 5.94. The number of aliphatic hydroxyl groups is 1. The molecule has 166 valence electrons. The van der Waals surface area contributed by atoms with Crippen molar-refractivity contribution in [1.29, 1.82) is 0 Å². The average Bonchev–Trinajstić information content (AvgIpc) is 2.57. The second-order valence-electron chi connectivity index (χ2n) is 6.46. The first kappa shape index (κ1) is 22.1. The Hall–Kier alpha value is -2.64. The van der Waals surface area contributed by atoms with Crippen LogP contribution in [0.1, 0.15) is 5.56 Å². The van der Waals surface area contributed by atoms with Gasteiger partial charge in [0.1, 0.15) is 6.61 Å². The van der Waals surface area contributed by atoms with Crippen LogP contribution in [0.2, 0.25) is 0 Å². The van der Waals surface area contributed by atoms with Crippen LogP contribution in [0, 0.1) is 0 Å². The van der Waals surface area contributed by atoms with E-state index in [9.17, 15) is 49.4 Å². The van der Waals surface area contributed by atoms with Gasteiger partial charge in [0.2, 0.25) is 5.56 Å². The molecule has 2 N–H and O–H groups in total. The van der Waals surface area contributed by atoms with Crippen molar-refractivity contribution in [1.82, 2.24) is 4.98 Å². The Morgan fingerprint density at radius 2 is 1.77 bits per heavy atom. The van der Waals surface area contributed by atoms with Crippen molar-refractivity contribution in [3.05, 3.63) is 34.1 Å². The number of halogens is 9. The number of nitrogens with zero attached hydrogens (tertiary/aromatic N) is 1. The minimum absolute atomic E-state index is 0.0989. The first-order chi connectivity index (χ1) is 13.6. The number of aliphatic hydroxyl groups excluding tert-OH is 1. The van der Waals surface area contributed by atoms with Crippen molar-refractivity contribution in [2.24, 2.45) is 0 Å². The van der Waals surface area contributed by atoms with Gasteiger partial charge in [-0.1, -0.05) is 0 Å². The van der Waals surface area contributed by atoms with Gasteiger partial charge < -0.3 is 19.7 Å². The maximum Gasteiger partial charge on any atom is 0.417 e. The number of β-amino-alcohol motifs (C(OH)–C–C–N with tert-alkyl or cyclic N) is 1. The molecule has 1 aromatic heterocycles. The van der Waals surface area contributed by atoms with Gasteiger partial charge in [0.15, 0.2) is 17.9 Å². The molecule has 1 aliphatic rings. The third-order valence-electron chi connectivity index (χ3n) is 4.44. The van der Waals surface area contributed by atoms with Crippen LogP contribution in [0.3, 0.4) is 0 Å². The summed E-state index contributed by atoms with van der Waals surface area (Å²) in [6.45, 7) is -2.92. The highest BCUT2D eigenvalue weighted by atomic mass is 19.4. The summed E-state index contributed by atoms with van der Waals surface area (Å²) in [4.78, 5) is 13.7. The minimum Gasteiger partial charge on any atom is -0.488 e. The lowest BCUT2D eigenvalue weighted by Crippen LogP contribution is -2.56. The van der Waals surface area contributed by atoms with Crippen molar-refractivity contribution in [3.63, 3.8) is 0 Å². The van der Waals surface area contributed by atoms with Gasteiger partial charge in [-0.25, -0.2) is 0 Å². The number of alkyl halides is 9. The molecule has 5 nitrogen and oxygen atoms in total. The Balaban J connectivity index is 2.26. The Kier molecular flexibility index (Phi) is 5.12. The highest BCUT2D eigenvalue weighted by Gasteiger charge is 2.50. The zero-order valence-corrected chi connectivity index (χ0v) is 14.4. The van der Waals surface area contributed by atoms with Crippen molar-refractivity contribution < 1.29 is 49.4 Å². The summed E-state index contributed by atoms with van der Waals surface area (Å²) in [7, 11) is 0. The molecule has 1 aliphatic heterocycles. The number of nitrogens with one attached hydrogen (secondary N) is 1. The molecule has 0 unspecified atom stereocenters. The fraction of sp³-hybridized carbons (Fsp3) is 0.438. The van der Waals surface area contributed by atoms with E-state index in [1.165, 1.54) is 0 Å². The summed E-state index contributed by atoms with van der Waals surface area (Å²) in [6.07, 6.45) is -18.7. The zero-order chi connectivity index (χ0) is 22.6. The van der Waals surface area contributed by atoms with E-state index in [1.54, 1.807) is 0 Å². The number of aromatic nitrogens is 1. The molecule has 2 atom stereocenters. The van der Waals surface area contributed by atoms with E-state index in [2.05, 4.69) is 4.98 Å². The highest BCUT2D eigenvalue weighted by Crippen LogP contribution is 2.46. The molecule has 0 aliphatic carbocycles. The zero-order valence-electron chi connectivity index (χ0n) is 14.4. The van der Waals surface area contributed by atoms with Crippen LogP contribution in [-0.4, -0.2) is 47.7 Å². The van der Waals surface area contributed by atoms with Gasteiger partial charge in [-0.3, -0.25) is 4.79 Å². The number of pyridine rings is 1. The number of anilines is 1. The van der Waals surface area contributed by atoms with E-state index in [4.69, 9.17) is 4.74 Å². The number of hydrogen-bond donors (Lipinski definition) is 2. The van der Waals surface area contributed by atoms with Gasteiger partial charge >= 0.3 is 18.5 Å². The number of rotatable bonds is 2. The van der Waals surface area contributed by atoms with Gasteiger partial charge in [-0.05, 0) is 12.1 Å². The maximum atomic E-state index is 13.4. The van der Waals surface area contributed by atoms with E-state index in [0.717, 1.165) is 12.1 Å². The number of ether oxygens (including phenoxy) is 1. The van der Waals surface area contributed by atoms with Crippen LogP contribution in [-0.2, 0) is 6.18 Å². The molecule has 0 saturated heterocycles. The third kappa shape index (κ3) is 4.00. The molecule has 30 heavy (non-hydrogen) atoms. The molecule has 0 saturated carbocycles. The lowest BCUT2D eigenvalue weighted by atomic mass is 10.0. The van der Waals surface area contributed by atoms with E-state index in [-0.39, 0.29) is 11.0 Å². The van der Waals surface area contributed by atoms with Gasteiger partial charge in [-0.15, -0.1) is 0 Å². The molecule has 0 spiro atoms. The van der Waals surface area contributed by atoms with Gasteiger partial charge in [-0.2, -0.15) is 39.5 Å². The lowest BCUT2D eigenvalue weighted by molar-refractivity contribution is -0.204. The fourth-order valence-electron chi connectivity index (χ4n) is 3.12. The van der Waals surface area contributed by atoms with E-state index >= 15 is 0 Å². The van der Waals surface area contributed by atoms with E-state index in [1.807, 2.05) is 0 Å². The second-order valence-corrected chi connectivity index (χ2v) is 6.46. The fourth-order valence-corrected chi connectivity index (χ4v) is 3.12. The Bertz CT molecular complexity index is 1010. The third-order valence-corrected chi connectivity index (χ3v) is 4.44. The summed E-state index contributed by atoms with van der Waals surface area (Å²) >= 11 is 0. The Morgan fingerprint density at radius 1 is 1.13 bits per heavy atom. The molecule has 0 bridgehead atoms. The average molecular weight is 450 g/mol. The van der Waals surface area contributed by atoms with Crippen molar-refractivity contribution in [2.75, 3.05) is 18.1 Å². The van der Waals surface area contributed by atoms with Crippen molar-refractivity contribution in [2.45, 2.75) is 30.7 Å². The van der Waals surface area contributed by atoms with Crippen LogP contribution < -0.4 is 15.2 Å². The van der Waals surface area contributed by atoms with Gasteiger partial charge in [0.05, 0.1) is 28.7 Å². The summed E-state index contributed by atoms with van der Waals surface area (Å²) in [5, 5.41) is 8.47. The molecule has 0 amide bonds. The Labute approximate surface area is 160 Å². The second kappa shape index (κ2) is 6.96. The first-order valence-electron chi connectivity index (χ1n) is 8.09. The van der Waals surface area contributed by atoms with Gasteiger partial charge in [0, 0.05) is 6.07 Å². The molecular weight excluding hydrogens is 439 g/mol. The first-order valence-corrected chi connectivity index (χ1v) is 8.09. The monoisotopic (exact) mass is 450 g/mol. The van der Waals surface area contributed by atoms with Gasteiger partial charge in [0.25, 0.3) is 0 Å². The number of H-pyrrole nitrogens is 1. The van der Waals surface area contributed by atoms with Crippen LogP contribution in [0.15, 0.2) is 23.0 Å². The SMILES string of the molecule is O=c1cc(C(F)(F)F)c2c3c(ccc2[nH]1)N(C[C@@H](O)C(F)(F)F)[C@@H](C(F)(F)F)CO3. The maximum absolute atomic E-state index is 13.4. The molecule has 14 heteroatoms.